The summed E-state index contributed by atoms with van der Waals surface area (Å²) in [6, 6.07) is 5.39. The molecule has 1 N–H and O–H groups in total. The van der Waals surface area contributed by atoms with Crippen LogP contribution in [-0.4, -0.2) is 50.3 Å². The number of carbonyl (C=O) groups excluding carboxylic acids is 1. The van der Waals surface area contributed by atoms with E-state index in [4.69, 9.17) is 17.0 Å². The average molecular weight is 431 g/mol. The Morgan fingerprint density at radius 3 is 3.03 bits per heavy atom. The van der Waals surface area contributed by atoms with Crippen LogP contribution in [0.4, 0.5) is 5.82 Å². The second kappa shape index (κ2) is 8.64. The molecule has 4 heterocycles. The molecule has 0 radical (unpaired) electrons. The summed E-state index contributed by atoms with van der Waals surface area (Å²) in [6.07, 6.45) is 6.12. The largest absolute Gasteiger partial charge is 0.376 e. The highest BCUT2D eigenvalue weighted by Crippen LogP contribution is 2.34. The topological polar surface area (TPSA) is 75.9 Å². The van der Waals surface area contributed by atoms with Gasteiger partial charge in [0.2, 0.25) is 0 Å². The molecule has 2 saturated heterocycles. The van der Waals surface area contributed by atoms with Crippen LogP contribution >= 0.6 is 24.0 Å². The quantitative estimate of drug-likeness (QED) is 0.558. The Morgan fingerprint density at radius 2 is 2.28 bits per heavy atom. The number of ether oxygens (including phenoxy) is 1. The molecule has 2 aromatic heterocycles. The fourth-order valence-corrected chi connectivity index (χ4v) is 4.65. The van der Waals surface area contributed by atoms with Gasteiger partial charge < -0.3 is 10.1 Å². The van der Waals surface area contributed by atoms with E-state index >= 15 is 0 Å². The SMILES string of the molecule is CCCNc1nc2ccccn2c(=O)c1C=C1SC(=S)N(CC2CCCO2)C1=O. The molecule has 152 valence electrons. The molecule has 29 heavy (non-hydrogen) atoms. The van der Waals surface area contributed by atoms with Crippen LogP contribution in [0.25, 0.3) is 11.7 Å². The van der Waals surface area contributed by atoms with Gasteiger partial charge in [0.25, 0.3) is 11.5 Å². The van der Waals surface area contributed by atoms with Gasteiger partial charge in [0.05, 0.1) is 23.1 Å². The first-order valence-electron chi connectivity index (χ1n) is 9.70. The minimum Gasteiger partial charge on any atom is -0.376 e. The van der Waals surface area contributed by atoms with Crippen LogP contribution in [-0.2, 0) is 9.53 Å². The maximum absolute atomic E-state index is 13.1. The van der Waals surface area contributed by atoms with Gasteiger partial charge in [0.15, 0.2) is 0 Å². The van der Waals surface area contributed by atoms with Crippen LogP contribution in [0.15, 0.2) is 34.1 Å². The Morgan fingerprint density at radius 1 is 1.41 bits per heavy atom. The maximum atomic E-state index is 13.1. The average Bonchev–Trinajstić information content (AvgIpc) is 3.33. The van der Waals surface area contributed by atoms with Crippen LogP contribution in [0.5, 0.6) is 0 Å². The number of amides is 1. The van der Waals surface area contributed by atoms with Crippen molar-refractivity contribution in [3.63, 3.8) is 0 Å². The highest BCUT2D eigenvalue weighted by Gasteiger charge is 2.35. The van der Waals surface area contributed by atoms with Gasteiger partial charge in [-0.1, -0.05) is 37.0 Å². The van der Waals surface area contributed by atoms with E-state index < -0.39 is 0 Å². The molecule has 0 spiro atoms. The number of hydrogen-bond donors (Lipinski definition) is 1. The standard InChI is InChI=1S/C20H22N4O3S2/c1-2-8-21-17-14(18(25)23-9-4-3-7-16(23)22-17)11-15-19(26)24(20(28)29-15)12-13-6-5-10-27-13/h3-4,7,9,11,13,21H,2,5-6,8,10,12H2,1H3. The number of hydrogen-bond acceptors (Lipinski definition) is 7. The minimum atomic E-state index is -0.224. The lowest BCUT2D eigenvalue weighted by Crippen LogP contribution is -2.35. The highest BCUT2D eigenvalue weighted by molar-refractivity contribution is 8.26. The number of nitrogens with one attached hydrogen (secondary N) is 1. The van der Waals surface area contributed by atoms with E-state index in [2.05, 4.69) is 10.3 Å². The zero-order chi connectivity index (χ0) is 20.4. The third-order valence-corrected chi connectivity index (χ3v) is 6.25. The number of fused-ring (bicyclic) bond motifs is 1. The number of anilines is 1. The van der Waals surface area contributed by atoms with Crippen LogP contribution in [0.2, 0.25) is 0 Å². The molecule has 1 amide bonds. The third-order valence-electron chi connectivity index (χ3n) is 4.87. The Kier molecular flexibility index (Phi) is 5.98. The summed E-state index contributed by atoms with van der Waals surface area (Å²) < 4.78 is 7.62. The van der Waals surface area contributed by atoms with Crippen molar-refractivity contribution in [3.05, 3.63) is 45.2 Å². The van der Waals surface area contributed by atoms with Gasteiger partial charge in [-0.15, -0.1) is 0 Å². The predicted octanol–water partition coefficient (Wildman–Crippen LogP) is 2.90. The van der Waals surface area contributed by atoms with Gasteiger partial charge in [-0.2, -0.15) is 0 Å². The molecule has 1 unspecified atom stereocenters. The number of rotatable bonds is 6. The van der Waals surface area contributed by atoms with Crippen LogP contribution < -0.4 is 10.9 Å². The van der Waals surface area contributed by atoms with Gasteiger partial charge in [0.1, 0.15) is 15.8 Å². The first-order valence-corrected chi connectivity index (χ1v) is 10.9. The molecule has 1 atom stereocenters. The molecule has 2 aromatic rings. The smallest absolute Gasteiger partial charge is 0.267 e. The first-order chi connectivity index (χ1) is 14.1. The predicted molar refractivity (Wildman–Crippen MR) is 119 cm³/mol. The second-order valence-corrected chi connectivity index (χ2v) is 8.64. The number of aromatic nitrogens is 2. The normalized spacial score (nSPS) is 20.9. The number of pyridine rings is 1. The van der Waals surface area contributed by atoms with Gasteiger partial charge in [-0.05, 0) is 37.5 Å². The van der Waals surface area contributed by atoms with Crippen molar-refractivity contribution < 1.29 is 9.53 Å². The molecular formula is C20H22N4O3S2. The lowest BCUT2D eigenvalue weighted by molar-refractivity contribution is -0.123. The molecule has 0 aromatic carbocycles. The van der Waals surface area contributed by atoms with Crippen molar-refractivity contribution in [2.45, 2.75) is 32.3 Å². The molecule has 2 aliphatic heterocycles. The van der Waals surface area contributed by atoms with Crippen LogP contribution in [0.1, 0.15) is 31.7 Å². The Labute approximate surface area is 178 Å². The Balaban J connectivity index is 1.71. The minimum absolute atomic E-state index is 0.0200. The van der Waals surface area contributed by atoms with E-state index in [1.54, 1.807) is 29.3 Å². The van der Waals surface area contributed by atoms with Gasteiger partial charge in [-0.25, -0.2) is 4.98 Å². The number of nitrogens with zero attached hydrogens (tertiary/aromatic N) is 3. The number of thioether (sulfide) groups is 1. The molecule has 0 saturated carbocycles. The summed E-state index contributed by atoms with van der Waals surface area (Å²) in [5, 5.41) is 3.21. The van der Waals surface area contributed by atoms with Crippen LogP contribution in [0, 0.1) is 0 Å². The van der Waals surface area contributed by atoms with E-state index in [1.165, 1.54) is 16.2 Å². The summed E-state index contributed by atoms with van der Waals surface area (Å²) >= 11 is 6.63. The molecular weight excluding hydrogens is 408 g/mol. The van der Waals surface area contributed by atoms with E-state index in [-0.39, 0.29) is 17.6 Å². The van der Waals surface area contributed by atoms with Crippen LogP contribution in [0.3, 0.4) is 0 Å². The maximum Gasteiger partial charge on any atom is 0.267 e. The second-order valence-electron chi connectivity index (χ2n) is 6.96. The summed E-state index contributed by atoms with van der Waals surface area (Å²) in [6.45, 7) is 3.90. The fourth-order valence-electron chi connectivity index (χ4n) is 3.39. The number of carbonyl (C=O) groups is 1. The zero-order valence-corrected chi connectivity index (χ0v) is 17.7. The molecule has 0 bridgehead atoms. The molecule has 2 fully saturated rings. The van der Waals surface area contributed by atoms with Gasteiger partial charge in [0, 0.05) is 19.3 Å². The molecule has 7 nitrogen and oxygen atoms in total. The first kappa shape index (κ1) is 20.1. The van der Waals surface area contributed by atoms with Crippen molar-refractivity contribution >= 4 is 51.7 Å². The Hall–Kier alpha value is -2.23. The Bertz CT molecular complexity index is 1040. The zero-order valence-electron chi connectivity index (χ0n) is 16.1. The summed E-state index contributed by atoms with van der Waals surface area (Å²) in [5.74, 6) is 0.293. The summed E-state index contributed by atoms with van der Waals surface area (Å²) in [4.78, 5) is 32.6. The molecule has 4 rings (SSSR count). The summed E-state index contributed by atoms with van der Waals surface area (Å²) in [7, 11) is 0. The highest BCUT2D eigenvalue weighted by atomic mass is 32.2. The lowest BCUT2D eigenvalue weighted by atomic mass is 10.2. The summed E-state index contributed by atoms with van der Waals surface area (Å²) in [5.41, 5.74) is 0.692. The van der Waals surface area contributed by atoms with E-state index in [0.29, 0.717) is 39.3 Å². The third kappa shape index (κ3) is 4.08. The van der Waals surface area contributed by atoms with Gasteiger partial charge >= 0.3 is 0 Å². The van der Waals surface area contributed by atoms with Crippen molar-refractivity contribution in [2.24, 2.45) is 0 Å². The van der Waals surface area contributed by atoms with E-state index in [0.717, 1.165) is 25.9 Å². The van der Waals surface area contributed by atoms with E-state index in [9.17, 15) is 9.59 Å². The lowest BCUT2D eigenvalue weighted by Gasteiger charge is -2.18. The van der Waals surface area contributed by atoms with E-state index in [1.807, 2.05) is 13.0 Å². The van der Waals surface area contributed by atoms with Crippen molar-refractivity contribution in [1.29, 1.82) is 0 Å². The monoisotopic (exact) mass is 430 g/mol. The fraction of sp³-hybridized carbons (Fsp3) is 0.400. The van der Waals surface area contributed by atoms with Crippen molar-refractivity contribution in [1.82, 2.24) is 14.3 Å². The van der Waals surface area contributed by atoms with Gasteiger partial charge in [-0.3, -0.25) is 18.9 Å². The van der Waals surface area contributed by atoms with Crippen molar-refractivity contribution in [3.8, 4) is 0 Å². The number of thiocarbonyl (C=S) groups is 1. The molecule has 9 heteroatoms. The molecule has 0 aliphatic carbocycles. The molecule has 2 aliphatic rings. The van der Waals surface area contributed by atoms with Crippen molar-refractivity contribution in [2.75, 3.05) is 25.0 Å².